The van der Waals surface area contributed by atoms with Crippen molar-refractivity contribution < 1.29 is 28.7 Å². The van der Waals surface area contributed by atoms with Gasteiger partial charge in [-0.2, -0.15) is 0 Å². The van der Waals surface area contributed by atoms with Gasteiger partial charge in [-0.1, -0.05) is 23.7 Å². The first-order valence-corrected chi connectivity index (χ1v) is 11.0. The smallest absolute Gasteiger partial charge is 0.306 e. The molecule has 3 aromatic rings. The highest BCUT2D eigenvalue weighted by Gasteiger charge is 2.13. The number of ether oxygens (including phenoxy) is 2. The van der Waals surface area contributed by atoms with Crippen LogP contribution in [0.4, 0.5) is 11.4 Å². The van der Waals surface area contributed by atoms with Crippen molar-refractivity contribution in [2.75, 3.05) is 24.4 Å². The normalized spacial score (nSPS) is 10.2. The zero-order valence-electron chi connectivity index (χ0n) is 18.9. The Morgan fingerprint density at radius 1 is 0.800 bits per heavy atom. The number of methoxy groups -OCH3 is 1. The lowest BCUT2D eigenvalue weighted by molar-refractivity contribution is -0.147. The highest BCUT2D eigenvalue weighted by atomic mass is 35.5. The van der Waals surface area contributed by atoms with Crippen LogP contribution in [0.25, 0.3) is 0 Å². The van der Waals surface area contributed by atoms with E-state index in [1.807, 2.05) is 0 Å². The zero-order valence-corrected chi connectivity index (χ0v) is 19.6. The standard InChI is InChI=1S/C26H23ClN2O6/c1-34-23-5-3-2-4-21(23)29-26(33)18-8-12-20(13-9-18)28-24(31)16-35-25(32)15-14-22(30)17-6-10-19(27)11-7-17/h2-13H,14-16H2,1H3,(H,28,31)(H,29,33). The maximum Gasteiger partial charge on any atom is 0.306 e. The number of ketones is 1. The average Bonchev–Trinajstić information content (AvgIpc) is 2.87. The molecule has 0 saturated carbocycles. The molecule has 3 aromatic carbocycles. The van der Waals surface area contributed by atoms with Crippen LogP contribution in [-0.2, 0) is 14.3 Å². The number of benzene rings is 3. The topological polar surface area (TPSA) is 111 Å². The molecule has 0 heterocycles. The Labute approximate surface area is 207 Å². The SMILES string of the molecule is COc1ccccc1NC(=O)c1ccc(NC(=O)COC(=O)CCC(=O)c2ccc(Cl)cc2)cc1. The first-order valence-electron chi connectivity index (χ1n) is 10.6. The van der Waals surface area contributed by atoms with Crippen LogP contribution in [0.2, 0.25) is 5.02 Å². The molecule has 180 valence electrons. The van der Waals surface area contributed by atoms with Crippen molar-refractivity contribution in [1.29, 1.82) is 0 Å². The van der Waals surface area contributed by atoms with E-state index in [0.717, 1.165) is 0 Å². The van der Waals surface area contributed by atoms with Crippen LogP contribution in [-0.4, -0.2) is 37.3 Å². The van der Waals surface area contributed by atoms with Gasteiger partial charge in [-0.15, -0.1) is 0 Å². The number of Topliss-reactive ketones (excluding diaryl/α,β-unsaturated/α-hetero) is 1. The van der Waals surface area contributed by atoms with E-state index in [9.17, 15) is 19.2 Å². The van der Waals surface area contributed by atoms with Crippen molar-refractivity contribution >= 4 is 46.5 Å². The summed E-state index contributed by atoms with van der Waals surface area (Å²) >= 11 is 5.79. The fraction of sp³-hybridized carbons (Fsp3) is 0.154. The number of anilines is 2. The highest BCUT2D eigenvalue weighted by molar-refractivity contribution is 6.30. The first kappa shape index (κ1) is 25.5. The first-order chi connectivity index (χ1) is 16.9. The summed E-state index contributed by atoms with van der Waals surface area (Å²) in [6, 6.07) is 19.6. The van der Waals surface area contributed by atoms with E-state index in [2.05, 4.69) is 10.6 Å². The van der Waals surface area contributed by atoms with Crippen LogP contribution in [0.15, 0.2) is 72.8 Å². The molecular formula is C26H23ClN2O6. The number of halogens is 1. The predicted octanol–water partition coefficient (Wildman–Crippen LogP) is 4.75. The third-order valence-corrected chi connectivity index (χ3v) is 5.12. The number of para-hydroxylation sites is 2. The summed E-state index contributed by atoms with van der Waals surface area (Å²) in [6.07, 6.45) is -0.189. The van der Waals surface area contributed by atoms with E-state index in [1.165, 1.54) is 7.11 Å². The second-order valence-electron chi connectivity index (χ2n) is 7.37. The Hall–Kier alpha value is -4.17. The molecule has 0 aliphatic rings. The molecule has 0 aliphatic carbocycles. The van der Waals surface area contributed by atoms with E-state index in [-0.39, 0.29) is 24.5 Å². The maximum atomic E-state index is 12.5. The van der Waals surface area contributed by atoms with Crippen molar-refractivity contribution in [3.05, 3.63) is 88.9 Å². The third-order valence-electron chi connectivity index (χ3n) is 4.87. The number of carbonyl (C=O) groups is 4. The van der Waals surface area contributed by atoms with Crippen molar-refractivity contribution in [2.24, 2.45) is 0 Å². The number of hydrogen-bond donors (Lipinski definition) is 2. The number of carbonyl (C=O) groups excluding carboxylic acids is 4. The molecule has 0 unspecified atom stereocenters. The van der Waals surface area contributed by atoms with Gasteiger partial charge in [0.2, 0.25) is 0 Å². The molecule has 0 saturated heterocycles. The monoisotopic (exact) mass is 494 g/mol. The Bertz CT molecular complexity index is 1210. The molecule has 9 heteroatoms. The number of amides is 2. The van der Waals surface area contributed by atoms with Crippen molar-refractivity contribution in [1.82, 2.24) is 0 Å². The second kappa shape index (κ2) is 12.3. The van der Waals surface area contributed by atoms with Gasteiger partial charge in [0.05, 0.1) is 19.2 Å². The van der Waals surface area contributed by atoms with E-state index >= 15 is 0 Å². The number of nitrogens with one attached hydrogen (secondary N) is 2. The van der Waals surface area contributed by atoms with Gasteiger partial charge in [-0.3, -0.25) is 19.2 Å². The fourth-order valence-corrected chi connectivity index (χ4v) is 3.18. The van der Waals surface area contributed by atoms with Crippen LogP contribution in [0.3, 0.4) is 0 Å². The molecule has 0 aromatic heterocycles. The van der Waals surface area contributed by atoms with Gasteiger partial charge in [0.25, 0.3) is 11.8 Å². The Balaban J connectivity index is 1.42. The molecule has 0 radical (unpaired) electrons. The van der Waals surface area contributed by atoms with Crippen LogP contribution in [0.1, 0.15) is 33.6 Å². The lowest BCUT2D eigenvalue weighted by Gasteiger charge is -2.10. The molecule has 0 atom stereocenters. The zero-order chi connectivity index (χ0) is 25.2. The fourth-order valence-electron chi connectivity index (χ4n) is 3.06. The second-order valence-corrected chi connectivity index (χ2v) is 7.81. The maximum absolute atomic E-state index is 12.5. The predicted molar refractivity (Wildman–Crippen MR) is 132 cm³/mol. The third kappa shape index (κ3) is 7.68. The lowest BCUT2D eigenvalue weighted by atomic mass is 10.1. The molecule has 2 amide bonds. The Kier molecular flexibility index (Phi) is 8.97. The average molecular weight is 495 g/mol. The largest absolute Gasteiger partial charge is 0.495 e. The minimum absolute atomic E-state index is 0.0412. The Morgan fingerprint density at radius 2 is 1.46 bits per heavy atom. The van der Waals surface area contributed by atoms with Crippen LogP contribution in [0, 0.1) is 0 Å². The van der Waals surface area contributed by atoms with Crippen molar-refractivity contribution in [2.45, 2.75) is 12.8 Å². The van der Waals surface area contributed by atoms with Crippen molar-refractivity contribution in [3.8, 4) is 5.75 Å². The van der Waals surface area contributed by atoms with Crippen molar-refractivity contribution in [3.63, 3.8) is 0 Å². The van der Waals surface area contributed by atoms with Crippen LogP contribution < -0.4 is 15.4 Å². The van der Waals surface area contributed by atoms with Gasteiger partial charge < -0.3 is 20.1 Å². The number of esters is 1. The molecule has 8 nitrogen and oxygen atoms in total. The molecular weight excluding hydrogens is 472 g/mol. The highest BCUT2D eigenvalue weighted by Crippen LogP contribution is 2.24. The quantitative estimate of drug-likeness (QED) is 0.311. The number of hydrogen-bond acceptors (Lipinski definition) is 6. The summed E-state index contributed by atoms with van der Waals surface area (Å²) in [7, 11) is 1.51. The molecule has 3 rings (SSSR count). The van der Waals surface area contributed by atoms with Crippen LogP contribution >= 0.6 is 11.6 Å². The van der Waals surface area contributed by atoms with E-state index in [0.29, 0.717) is 33.3 Å². The van der Waals surface area contributed by atoms with Gasteiger partial charge in [-0.05, 0) is 60.7 Å². The van der Waals surface area contributed by atoms with E-state index in [4.69, 9.17) is 21.1 Å². The molecule has 0 aliphatic heterocycles. The summed E-state index contributed by atoms with van der Waals surface area (Å²) in [5.41, 5.74) is 1.79. The van der Waals surface area contributed by atoms with Gasteiger partial charge in [-0.25, -0.2) is 0 Å². The minimum atomic E-state index is -0.661. The van der Waals surface area contributed by atoms with E-state index < -0.39 is 18.5 Å². The Morgan fingerprint density at radius 3 is 2.14 bits per heavy atom. The molecule has 0 bridgehead atoms. The summed E-state index contributed by atoms with van der Waals surface area (Å²) in [4.78, 5) is 48.5. The number of rotatable bonds is 10. The van der Waals surface area contributed by atoms with Gasteiger partial charge in [0, 0.05) is 28.3 Å². The minimum Gasteiger partial charge on any atom is -0.495 e. The molecule has 2 N–H and O–H groups in total. The van der Waals surface area contributed by atoms with Gasteiger partial charge in [0.15, 0.2) is 12.4 Å². The molecule has 0 spiro atoms. The molecule has 35 heavy (non-hydrogen) atoms. The molecule has 0 fully saturated rings. The summed E-state index contributed by atoms with van der Waals surface area (Å²) in [5.74, 6) is -1.24. The van der Waals surface area contributed by atoms with Crippen LogP contribution in [0.5, 0.6) is 5.75 Å². The lowest BCUT2D eigenvalue weighted by Crippen LogP contribution is -2.21. The summed E-state index contributed by atoms with van der Waals surface area (Å²) in [5, 5.41) is 5.86. The summed E-state index contributed by atoms with van der Waals surface area (Å²) in [6.45, 7) is -0.496. The summed E-state index contributed by atoms with van der Waals surface area (Å²) < 4.78 is 10.1. The van der Waals surface area contributed by atoms with Gasteiger partial charge >= 0.3 is 5.97 Å². The van der Waals surface area contributed by atoms with Gasteiger partial charge in [0.1, 0.15) is 5.75 Å². The van der Waals surface area contributed by atoms with E-state index in [1.54, 1.807) is 72.8 Å².